The van der Waals surface area contributed by atoms with Crippen molar-refractivity contribution in [2.24, 2.45) is 4.99 Å². The van der Waals surface area contributed by atoms with Gasteiger partial charge in [0.25, 0.3) is 0 Å². The molecule has 51 heavy (non-hydrogen) atoms. The van der Waals surface area contributed by atoms with Gasteiger partial charge in [-0.2, -0.15) is 0 Å². The van der Waals surface area contributed by atoms with Gasteiger partial charge < -0.3 is 0 Å². The molecule has 0 saturated heterocycles. The van der Waals surface area contributed by atoms with Crippen LogP contribution in [-0.2, 0) is 5.41 Å². The molecule has 2 nitrogen and oxygen atoms in total. The van der Waals surface area contributed by atoms with Crippen molar-refractivity contribution in [3.05, 3.63) is 176 Å². The molecule has 11 rings (SSSR count). The fraction of sp³-hybridized carbons (Fsp3) is 0.0638. The van der Waals surface area contributed by atoms with Crippen LogP contribution in [0.2, 0.25) is 0 Å². The second-order valence-electron chi connectivity index (χ2n) is 14.1. The Hall–Kier alpha value is -5.17. The molecule has 1 aliphatic carbocycles. The number of hydrogen-bond acceptors (Lipinski definition) is 2. The van der Waals surface area contributed by atoms with Gasteiger partial charge >= 0.3 is 0 Å². The third-order valence-electron chi connectivity index (χ3n) is 10.9. The number of fused-ring (bicyclic) bond motifs is 12. The van der Waals surface area contributed by atoms with E-state index in [4.69, 9.17) is 4.99 Å². The number of hydrogen-bond donors (Lipinski definition) is 0. The number of benzene rings is 7. The molecule has 0 amide bonds. The Balaban J connectivity index is 1.28. The molecule has 9 aromatic rings. The van der Waals surface area contributed by atoms with Crippen molar-refractivity contribution >= 4 is 84.3 Å². The number of rotatable bonds is 2. The lowest BCUT2D eigenvalue weighted by Crippen LogP contribution is -2.15. The van der Waals surface area contributed by atoms with E-state index in [9.17, 15) is 0 Å². The maximum atomic E-state index is 5.80. The number of aliphatic imine (C=N–C) groups is 1. The Morgan fingerprint density at radius 3 is 2.25 bits per heavy atom. The summed E-state index contributed by atoms with van der Waals surface area (Å²) in [5.41, 5.74) is 12.6. The third kappa shape index (κ3) is 4.21. The molecule has 0 spiro atoms. The first-order valence-corrected chi connectivity index (χ1v) is 20.4. The molecule has 2 aromatic heterocycles. The molecule has 0 N–H and O–H groups in total. The van der Waals surface area contributed by atoms with Crippen molar-refractivity contribution in [1.82, 2.24) is 4.57 Å². The van der Waals surface area contributed by atoms with E-state index < -0.39 is 20.7 Å². The molecular weight excluding hydrogens is 752 g/mol. The van der Waals surface area contributed by atoms with E-state index in [2.05, 4.69) is 170 Å². The van der Waals surface area contributed by atoms with Crippen LogP contribution >= 0.6 is 32.1 Å². The Kier molecular flexibility index (Phi) is 6.32. The van der Waals surface area contributed by atoms with Gasteiger partial charge in [-0.1, -0.05) is 147 Å². The maximum absolute atomic E-state index is 5.80. The van der Waals surface area contributed by atoms with Crippen LogP contribution < -0.4 is 4.53 Å². The summed E-state index contributed by atoms with van der Waals surface area (Å²) in [5, 5.41) is 6.53. The van der Waals surface area contributed by atoms with Crippen molar-refractivity contribution in [1.29, 1.82) is 0 Å². The fourth-order valence-electron chi connectivity index (χ4n) is 8.53. The van der Waals surface area contributed by atoms with Crippen molar-refractivity contribution in [2.75, 3.05) is 0 Å². The second kappa shape index (κ2) is 10.9. The fourth-order valence-corrected chi connectivity index (χ4v) is 13.3. The highest BCUT2D eigenvalue weighted by atomic mass is 127. The summed E-state index contributed by atoms with van der Waals surface area (Å²) in [5.74, 6) is 0. The van der Waals surface area contributed by atoms with Crippen LogP contribution in [0, 0.1) is 3.15 Å². The van der Waals surface area contributed by atoms with Crippen molar-refractivity contribution in [3.63, 3.8) is 0 Å². The predicted octanol–water partition coefficient (Wildman–Crippen LogP) is 12.4. The van der Waals surface area contributed by atoms with Gasteiger partial charge in [0.15, 0.2) is 3.84 Å². The largest absolute Gasteiger partial charge is 0.288 e. The number of aromatic nitrogens is 1. The highest BCUT2D eigenvalue weighted by Crippen LogP contribution is 2.53. The molecular formula is C47H31IN2S. The molecule has 242 valence electrons. The minimum atomic E-state index is -0.643. The van der Waals surface area contributed by atoms with E-state index in [-0.39, 0.29) is 5.41 Å². The summed E-state index contributed by atoms with van der Waals surface area (Å²) >= 11 is 1.25. The summed E-state index contributed by atoms with van der Waals surface area (Å²) in [6.45, 7) is 4.76. The Bertz CT molecular complexity index is 3110. The average molecular weight is 783 g/mol. The Morgan fingerprint density at radius 1 is 0.608 bits per heavy atom. The van der Waals surface area contributed by atoms with Crippen molar-refractivity contribution in [3.8, 4) is 22.3 Å². The Labute approximate surface area is 309 Å². The SMILES string of the molecule is CC1(C)c2ccccc2-c2c1ccc1c2c2ccc3ccccc3c2n1C1=NC(c2cccc(-c3ccccc3)c2)=c2sc3ccccc3c2=I1. The standard InChI is InChI=1S/C47H31IN2S/c1-47(2)36-21-10-8-19-33(36)40-37(47)25-26-38-41(40)35-24-23-29-15-6-7-18-32(29)44(35)50(38)46-48-42-34-20-9-11-22-39(34)51-45(42)43(49-46)31-17-12-16-30(27-31)28-13-4-3-5-14-28/h3-27H,1-2H3. The smallest absolute Gasteiger partial charge is 0.171 e. The van der Waals surface area contributed by atoms with Gasteiger partial charge in [0.2, 0.25) is 0 Å². The second-order valence-corrected chi connectivity index (χ2v) is 17.7. The minimum absolute atomic E-state index is 0.0735. The van der Waals surface area contributed by atoms with Crippen LogP contribution in [0.15, 0.2) is 157 Å². The number of thiophene rings is 1. The monoisotopic (exact) mass is 782 g/mol. The summed E-state index contributed by atoms with van der Waals surface area (Å²) in [6, 6.07) is 56.0. The summed E-state index contributed by atoms with van der Waals surface area (Å²) in [7, 11) is 0. The topological polar surface area (TPSA) is 17.3 Å². The summed E-state index contributed by atoms with van der Waals surface area (Å²) in [6.07, 6.45) is 0. The van der Waals surface area contributed by atoms with Gasteiger partial charge in [0, 0.05) is 40.4 Å². The first kappa shape index (κ1) is 29.5. The molecule has 0 saturated carbocycles. The minimum Gasteiger partial charge on any atom is -0.288 e. The summed E-state index contributed by atoms with van der Waals surface area (Å²) in [4.78, 5) is 5.80. The van der Waals surface area contributed by atoms with Gasteiger partial charge in [-0.05, 0) is 77.7 Å². The molecule has 7 aromatic carbocycles. The van der Waals surface area contributed by atoms with Crippen LogP contribution in [0.25, 0.3) is 70.6 Å². The molecule has 0 atom stereocenters. The van der Waals surface area contributed by atoms with Crippen LogP contribution in [0.3, 0.4) is 0 Å². The molecule has 0 unspecified atom stereocenters. The van der Waals surface area contributed by atoms with Crippen molar-refractivity contribution in [2.45, 2.75) is 19.3 Å². The highest BCUT2D eigenvalue weighted by Gasteiger charge is 2.37. The third-order valence-corrected chi connectivity index (χ3v) is 15.3. The van der Waals surface area contributed by atoms with E-state index in [1.807, 2.05) is 11.3 Å². The maximum Gasteiger partial charge on any atom is 0.171 e. The quantitative estimate of drug-likeness (QED) is 0.155. The van der Waals surface area contributed by atoms with E-state index in [0.29, 0.717) is 0 Å². The number of nitrogens with zero attached hydrogens (tertiary/aromatic N) is 2. The van der Waals surface area contributed by atoms with Gasteiger partial charge in [-0.3, -0.25) is 4.57 Å². The number of halogens is 1. The lowest BCUT2D eigenvalue weighted by molar-refractivity contribution is 0.661. The highest BCUT2D eigenvalue weighted by molar-refractivity contribution is 14.2. The van der Waals surface area contributed by atoms with Crippen LogP contribution in [-0.4, -0.2) is 8.41 Å². The molecule has 0 radical (unpaired) electrons. The van der Waals surface area contributed by atoms with Crippen LogP contribution in [0.1, 0.15) is 30.5 Å². The van der Waals surface area contributed by atoms with Gasteiger partial charge in [-0.15, -0.1) is 11.3 Å². The van der Waals surface area contributed by atoms with Crippen molar-refractivity contribution < 1.29 is 0 Å². The molecule has 4 heteroatoms. The predicted molar refractivity (Wildman–Crippen MR) is 226 cm³/mol. The van der Waals surface area contributed by atoms with Crippen LogP contribution in [0.4, 0.5) is 0 Å². The molecule has 0 fully saturated rings. The molecule has 3 heterocycles. The summed E-state index contributed by atoms with van der Waals surface area (Å²) < 4.78 is 7.86. The van der Waals surface area contributed by atoms with Gasteiger partial charge in [-0.25, -0.2) is 4.99 Å². The zero-order valence-corrected chi connectivity index (χ0v) is 31.1. The van der Waals surface area contributed by atoms with E-state index in [1.165, 1.54) is 87.6 Å². The average Bonchev–Trinajstić information content (AvgIpc) is 3.81. The Morgan fingerprint density at radius 2 is 1.35 bits per heavy atom. The zero-order chi connectivity index (χ0) is 33.8. The molecule has 1 aliphatic heterocycles. The first-order valence-electron chi connectivity index (χ1n) is 17.4. The normalized spacial score (nSPS) is 14.6. The van der Waals surface area contributed by atoms with Crippen LogP contribution in [0.5, 0.6) is 0 Å². The lowest BCUT2D eigenvalue weighted by atomic mass is 9.82. The molecule has 2 aliphatic rings. The van der Waals surface area contributed by atoms with E-state index in [0.717, 1.165) is 11.3 Å². The van der Waals surface area contributed by atoms with Gasteiger partial charge in [0.05, 0.1) is 21.3 Å². The van der Waals surface area contributed by atoms with Gasteiger partial charge in [0.1, 0.15) is 0 Å². The zero-order valence-electron chi connectivity index (χ0n) is 28.1. The van der Waals surface area contributed by atoms with E-state index in [1.54, 1.807) is 0 Å². The van der Waals surface area contributed by atoms with E-state index >= 15 is 0 Å². The molecule has 0 bridgehead atoms. The first-order chi connectivity index (χ1) is 25.1. The lowest BCUT2D eigenvalue weighted by Gasteiger charge is -2.21.